The quantitative estimate of drug-likeness (QED) is 0.851. The Morgan fingerprint density at radius 1 is 1.07 bits per heavy atom. The fourth-order valence-electron chi connectivity index (χ4n) is 4.26. The largest absolute Gasteiger partial charge is 0.344 e. The SMILES string of the molecule is CN1CCCC1C(=O)NC(c1ccccc1)c1ccc(C2CCC2)c(F)c1. The van der Waals surface area contributed by atoms with E-state index in [0.29, 0.717) is 5.92 Å². The van der Waals surface area contributed by atoms with Gasteiger partial charge in [0.05, 0.1) is 12.1 Å². The molecule has 2 fully saturated rings. The average molecular weight is 366 g/mol. The van der Waals surface area contributed by atoms with Crippen LogP contribution >= 0.6 is 0 Å². The first-order valence-corrected chi connectivity index (χ1v) is 9.98. The molecule has 2 aliphatic rings. The third-order valence-corrected chi connectivity index (χ3v) is 6.15. The smallest absolute Gasteiger partial charge is 0.238 e. The number of likely N-dealkylation sites (N-methyl/N-ethyl adjacent to an activating group) is 1. The van der Waals surface area contributed by atoms with Gasteiger partial charge in [-0.3, -0.25) is 9.69 Å². The molecule has 2 atom stereocenters. The number of nitrogens with zero attached hydrogens (tertiary/aromatic N) is 1. The fourth-order valence-corrected chi connectivity index (χ4v) is 4.26. The molecule has 2 aromatic rings. The molecule has 27 heavy (non-hydrogen) atoms. The number of rotatable bonds is 5. The van der Waals surface area contributed by atoms with E-state index in [2.05, 4.69) is 10.2 Å². The summed E-state index contributed by atoms with van der Waals surface area (Å²) in [5, 5.41) is 3.18. The Morgan fingerprint density at radius 3 is 2.44 bits per heavy atom. The summed E-state index contributed by atoms with van der Waals surface area (Å²) in [5.41, 5.74) is 2.59. The number of nitrogens with one attached hydrogen (secondary N) is 1. The molecule has 4 heteroatoms. The molecule has 4 rings (SSSR count). The van der Waals surface area contributed by atoms with E-state index in [4.69, 9.17) is 0 Å². The predicted octanol–water partition coefficient (Wildman–Crippen LogP) is 4.39. The number of carbonyl (C=O) groups is 1. The van der Waals surface area contributed by atoms with Crippen molar-refractivity contribution in [2.75, 3.05) is 13.6 Å². The van der Waals surface area contributed by atoms with Crippen molar-refractivity contribution >= 4 is 5.91 Å². The van der Waals surface area contributed by atoms with Crippen molar-refractivity contribution in [3.63, 3.8) is 0 Å². The van der Waals surface area contributed by atoms with Crippen LogP contribution < -0.4 is 5.32 Å². The molecule has 2 unspecified atom stereocenters. The van der Waals surface area contributed by atoms with E-state index in [-0.39, 0.29) is 23.8 Å². The molecular formula is C23H27FN2O. The zero-order chi connectivity index (χ0) is 18.8. The van der Waals surface area contributed by atoms with Gasteiger partial charge in [0.15, 0.2) is 0 Å². The van der Waals surface area contributed by atoms with Crippen LogP contribution in [0.4, 0.5) is 4.39 Å². The van der Waals surface area contributed by atoms with E-state index >= 15 is 0 Å². The molecule has 142 valence electrons. The first-order valence-electron chi connectivity index (χ1n) is 9.98. The normalized spacial score (nSPS) is 21.6. The summed E-state index contributed by atoms with van der Waals surface area (Å²) in [6, 6.07) is 14.9. The maximum atomic E-state index is 14.8. The van der Waals surface area contributed by atoms with Crippen molar-refractivity contribution in [3.8, 4) is 0 Å². The molecule has 0 bridgehead atoms. The van der Waals surface area contributed by atoms with Gasteiger partial charge in [0.1, 0.15) is 5.82 Å². The predicted molar refractivity (Wildman–Crippen MR) is 105 cm³/mol. The highest BCUT2D eigenvalue weighted by atomic mass is 19.1. The van der Waals surface area contributed by atoms with Crippen LogP contribution in [0, 0.1) is 5.82 Å². The first kappa shape index (κ1) is 18.2. The monoisotopic (exact) mass is 366 g/mol. The molecular weight excluding hydrogens is 339 g/mol. The highest BCUT2D eigenvalue weighted by molar-refractivity contribution is 5.82. The molecule has 3 nitrogen and oxygen atoms in total. The Bertz CT molecular complexity index is 803. The molecule has 1 saturated carbocycles. The van der Waals surface area contributed by atoms with E-state index in [1.165, 1.54) is 6.42 Å². The van der Waals surface area contributed by atoms with Gasteiger partial charge in [-0.25, -0.2) is 4.39 Å². The van der Waals surface area contributed by atoms with Gasteiger partial charge < -0.3 is 5.32 Å². The van der Waals surface area contributed by atoms with Crippen molar-refractivity contribution in [1.82, 2.24) is 10.2 Å². The second-order valence-corrected chi connectivity index (χ2v) is 7.90. The minimum absolute atomic E-state index is 0.0207. The van der Waals surface area contributed by atoms with Crippen molar-refractivity contribution in [2.45, 2.75) is 50.1 Å². The van der Waals surface area contributed by atoms with Crippen LogP contribution in [-0.4, -0.2) is 30.4 Å². The minimum atomic E-state index is -0.336. The lowest BCUT2D eigenvalue weighted by atomic mass is 9.79. The standard InChI is InChI=1S/C23H27FN2O/c1-26-14-6-11-21(26)23(27)25-22(17-7-3-2-4-8-17)18-12-13-19(20(24)15-18)16-9-5-10-16/h2-4,7-8,12-13,15-16,21-22H,5-6,9-11,14H2,1H3,(H,25,27). The van der Waals surface area contributed by atoms with Crippen LogP contribution in [0.3, 0.4) is 0 Å². The zero-order valence-electron chi connectivity index (χ0n) is 15.8. The number of hydrogen-bond donors (Lipinski definition) is 1. The molecule has 1 amide bonds. The lowest BCUT2D eigenvalue weighted by Crippen LogP contribution is -2.43. The Hall–Kier alpha value is -2.20. The van der Waals surface area contributed by atoms with E-state index in [0.717, 1.165) is 48.9 Å². The minimum Gasteiger partial charge on any atom is -0.344 e. The summed E-state index contributed by atoms with van der Waals surface area (Å²) >= 11 is 0. The maximum Gasteiger partial charge on any atom is 0.238 e. The van der Waals surface area contributed by atoms with Gasteiger partial charge in [-0.05, 0) is 68.0 Å². The Kier molecular flexibility index (Phi) is 5.26. The van der Waals surface area contributed by atoms with Gasteiger partial charge in [-0.2, -0.15) is 0 Å². The topological polar surface area (TPSA) is 32.3 Å². The number of likely N-dealkylation sites (tertiary alicyclic amines) is 1. The summed E-state index contributed by atoms with van der Waals surface area (Å²) < 4.78 is 14.8. The van der Waals surface area contributed by atoms with Gasteiger partial charge in [-0.1, -0.05) is 48.9 Å². The van der Waals surface area contributed by atoms with E-state index in [1.807, 2.05) is 49.5 Å². The highest BCUT2D eigenvalue weighted by Gasteiger charge is 2.30. The second kappa shape index (κ2) is 7.81. The Labute approximate surface area is 160 Å². The third kappa shape index (κ3) is 3.77. The van der Waals surface area contributed by atoms with Gasteiger partial charge in [0.2, 0.25) is 5.91 Å². The molecule has 1 N–H and O–H groups in total. The van der Waals surface area contributed by atoms with Gasteiger partial charge in [0, 0.05) is 0 Å². The Balaban J connectivity index is 1.62. The van der Waals surface area contributed by atoms with Crippen LogP contribution in [0.1, 0.15) is 60.8 Å². The van der Waals surface area contributed by atoms with E-state index < -0.39 is 0 Å². The highest BCUT2D eigenvalue weighted by Crippen LogP contribution is 2.38. The second-order valence-electron chi connectivity index (χ2n) is 7.90. The van der Waals surface area contributed by atoms with Gasteiger partial charge >= 0.3 is 0 Å². The van der Waals surface area contributed by atoms with Crippen LogP contribution in [-0.2, 0) is 4.79 Å². The number of benzene rings is 2. The summed E-state index contributed by atoms with van der Waals surface area (Å²) in [6.45, 7) is 0.943. The maximum absolute atomic E-state index is 14.8. The summed E-state index contributed by atoms with van der Waals surface area (Å²) in [7, 11) is 1.99. The fraction of sp³-hybridized carbons (Fsp3) is 0.435. The zero-order valence-corrected chi connectivity index (χ0v) is 15.8. The van der Waals surface area contributed by atoms with E-state index in [1.54, 1.807) is 6.07 Å². The number of carbonyl (C=O) groups excluding carboxylic acids is 1. The number of amides is 1. The van der Waals surface area contributed by atoms with E-state index in [9.17, 15) is 9.18 Å². The molecule has 0 radical (unpaired) electrons. The number of halogens is 1. The molecule has 0 spiro atoms. The van der Waals surface area contributed by atoms with Gasteiger partial charge in [-0.15, -0.1) is 0 Å². The van der Waals surface area contributed by atoms with Crippen LogP contribution in [0.2, 0.25) is 0 Å². The van der Waals surface area contributed by atoms with Crippen molar-refractivity contribution in [2.24, 2.45) is 0 Å². The first-order chi connectivity index (χ1) is 13.1. The molecule has 1 aliphatic carbocycles. The molecule has 1 saturated heterocycles. The lowest BCUT2D eigenvalue weighted by molar-refractivity contribution is -0.125. The van der Waals surface area contributed by atoms with Crippen LogP contribution in [0.15, 0.2) is 48.5 Å². The summed E-state index contributed by atoms with van der Waals surface area (Å²) in [6.07, 6.45) is 5.24. The molecule has 0 aromatic heterocycles. The Morgan fingerprint density at radius 2 is 1.85 bits per heavy atom. The summed E-state index contributed by atoms with van der Waals surface area (Å²) in [5.74, 6) is 0.230. The van der Waals surface area contributed by atoms with Crippen molar-refractivity contribution in [3.05, 3.63) is 71.0 Å². The third-order valence-electron chi connectivity index (χ3n) is 6.15. The van der Waals surface area contributed by atoms with Crippen molar-refractivity contribution < 1.29 is 9.18 Å². The molecule has 1 aliphatic heterocycles. The van der Waals surface area contributed by atoms with Crippen molar-refractivity contribution in [1.29, 1.82) is 0 Å². The molecule has 2 aromatic carbocycles. The average Bonchev–Trinajstić information content (AvgIpc) is 3.06. The van der Waals surface area contributed by atoms with Crippen LogP contribution in [0.5, 0.6) is 0 Å². The van der Waals surface area contributed by atoms with Crippen LogP contribution in [0.25, 0.3) is 0 Å². The molecule has 1 heterocycles. The summed E-state index contributed by atoms with van der Waals surface area (Å²) in [4.78, 5) is 15.0. The lowest BCUT2D eigenvalue weighted by Gasteiger charge is -2.28. The number of hydrogen-bond acceptors (Lipinski definition) is 2. The van der Waals surface area contributed by atoms with Gasteiger partial charge in [0.25, 0.3) is 0 Å².